The molecular weight excluding hydrogens is 344 g/mol. The maximum atomic E-state index is 12.1. The molecule has 0 spiro atoms. The van der Waals surface area contributed by atoms with E-state index in [-0.39, 0.29) is 18.9 Å². The van der Waals surface area contributed by atoms with E-state index in [1.807, 2.05) is 31.2 Å². The zero-order valence-corrected chi connectivity index (χ0v) is 14.1. The van der Waals surface area contributed by atoms with Gasteiger partial charge in [-0.25, -0.2) is 4.98 Å². The molecule has 0 bridgehead atoms. The van der Waals surface area contributed by atoms with Crippen LogP contribution >= 0.6 is 11.3 Å². The molecule has 1 N–H and O–H groups in total. The predicted molar refractivity (Wildman–Crippen MR) is 91.4 cm³/mol. The molecule has 0 unspecified atom stereocenters. The van der Waals surface area contributed by atoms with Gasteiger partial charge in [-0.3, -0.25) is 4.79 Å². The van der Waals surface area contributed by atoms with E-state index in [1.54, 1.807) is 5.38 Å². The molecule has 3 rings (SSSR count). The van der Waals surface area contributed by atoms with Gasteiger partial charge < -0.3 is 15.4 Å². The lowest BCUT2D eigenvalue weighted by Crippen LogP contribution is -2.15. The van der Waals surface area contributed by atoms with Crippen molar-refractivity contribution in [1.82, 2.24) is 19.7 Å². The van der Waals surface area contributed by atoms with Crippen LogP contribution in [0.1, 0.15) is 16.3 Å². The number of carbonyl (C=O) groups excluding carboxylic acids is 1. The van der Waals surface area contributed by atoms with E-state index in [9.17, 15) is 14.9 Å². The van der Waals surface area contributed by atoms with Gasteiger partial charge in [0.05, 0.1) is 12.1 Å². The summed E-state index contributed by atoms with van der Waals surface area (Å²) in [5, 5.41) is 19.6. The van der Waals surface area contributed by atoms with Gasteiger partial charge in [-0.2, -0.15) is 4.68 Å². The lowest BCUT2D eigenvalue weighted by Gasteiger charge is -2.06. The summed E-state index contributed by atoms with van der Waals surface area (Å²) >= 11 is 1.36. The van der Waals surface area contributed by atoms with Crippen molar-refractivity contribution in [3.05, 3.63) is 62.4 Å². The summed E-state index contributed by atoms with van der Waals surface area (Å²) in [5.74, 6) is -0.598. The molecule has 0 aliphatic heterocycles. The van der Waals surface area contributed by atoms with Crippen molar-refractivity contribution in [3.63, 3.8) is 0 Å². The van der Waals surface area contributed by atoms with E-state index in [4.69, 9.17) is 0 Å². The van der Waals surface area contributed by atoms with Crippen molar-refractivity contribution in [2.45, 2.75) is 19.9 Å². The van der Waals surface area contributed by atoms with Gasteiger partial charge in [-0.15, -0.1) is 11.3 Å². The van der Waals surface area contributed by atoms with E-state index in [0.717, 1.165) is 11.3 Å². The number of rotatable bonds is 6. The standard InChI is InChI=1S/C15H14N6O3S/c1-10-4-2-3-5-12(10)18-13(22)6-14-17-11(8-25-14)7-20-9-16-15(19-20)21(23)24/h2-5,8-9H,6-7H2,1H3,(H,18,22). The van der Waals surface area contributed by atoms with Crippen LogP contribution in [0.25, 0.3) is 0 Å². The van der Waals surface area contributed by atoms with Gasteiger partial charge in [-0.1, -0.05) is 23.2 Å². The molecule has 0 aliphatic carbocycles. The van der Waals surface area contributed by atoms with Gasteiger partial charge in [0.15, 0.2) is 0 Å². The summed E-state index contributed by atoms with van der Waals surface area (Å²) in [5.41, 5.74) is 2.44. The zero-order chi connectivity index (χ0) is 17.8. The van der Waals surface area contributed by atoms with Crippen molar-refractivity contribution in [2.24, 2.45) is 0 Å². The molecule has 3 aromatic rings. The fraction of sp³-hybridized carbons (Fsp3) is 0.200. The maximum absolute atomic E-state index is 12.1. The number of nitrogens with zero attached hydrogens (tertiary/aromatic N) is 5. The summed E-state index contributed by atoms with van der Waals surface area (Å²) < 4.78 is 1.34. The highest BCUT2D eigenvalue weighted by Crippen LogP contribution is 2.16. The average Bonchev–Trinajstić information content (AvgIpc) is 3.20. The first-order chi connectivity index (χ1) is 12.0. The minimum Gasteiger partial charge on any atom is -0.390 e. The number of carbonyl (C=O) groups is 1. The Kier molecular flexibility index (Phi) is 4.80. The lowest BCUT2D eigenvalue weighted by molar-refractivity contribution is -0.394. The molecule has 128 valence electrons. The minimum absolute atomic E-state index is 0.147. The molecule has 0 saturated carbocycles. The second-order valence-corrected chi connectivity index (χ2v) is 6.21. The molecule has 1 aromatic carbocycles. The summed E-state index contributed by atoms with van der Waals surface area (Å²) in [7, 11) is 0. The molecule has 10 heteroatoms. The maximum Gasteiger partial charge on any atom is 0.490 e. The van der Waals surface area contributed by atoms with E-state index in [2.05, 4.69) is 20.4 Å². The Morgan fingerprint density at radius 2 is 2.20 bits per heavy atom. The molecule has 0 aliphatic rings. The number of amides is 1. The highest BCUT2D eigenvalue weighted by Gasteiger charge is 2.15. The number of nitrogens with one attached hydrogen (secondary N) is 1. The normalized spacial score (nSPS) is 10.6. The van der Waals surface area contributed by atoms with Crippen molar-refractivity contribution in [3.8, 4) is 0 Å². The second kappa shape index (κ2) is 7.18. The number of anilines is 1. The smallest absolute Gasteiger partial charge is 0.390 e. The third-order valence-electron chi connectivity index (χ3n) is 3.34. The quantitative estimate of drug-likeness (QED) is 0.533. The summed E-state index contributed by atoms with van der Waals surface area (Å²) in [6.45, 7) is 2.19. The molecule has 9 nitrogen and oxygen atoms in total. The van der Waals surface area contributed by atoms with Gasteiger partial charge in [-0.05, 0) is 23.5 Å². The molecule has 2 aromatic heterocycles. The SMILES string of the molecule is Cc1ccccc1NC(=O)Cc1nc(Cn2cnc([N+](=O)[O-])n2)cs1. The van der Waals surface area contributed by atoms with Crippen LogP contribution in [0.15, 0.2) is 36.0 Å². The van der Waals surface area contributed by atoms with E-state index in [0.29, 0.717) is 10.7 Å². The molecule has 2 heterocycles. The van der Waals surface area contributed by atoms with Gasteiger partial charge >= 0.3 is 5.95 Å². The number of nitro groups is 1. The molecule has 25 heavy (non-hydrogen) atoms. The number of hydrogen-bond acceptors (Lipinski definition) is 7. The third kappa shape index (κ3) is 4.23. The van der Waals surface area contributed by atoms with Gasteiger partial charge in [0.1, 0.15) is 11.6 Å². The Bertz CT molecular complexity index is 919. The van der Waals surface area contributed by atoms with Crippen LogP contribution in [-0.4, -0.2) is 30.6 Å². The van der Waals surface area contributed by atoms with Gasteiger partial charge in [0, 0.05) is 16.2 Å². The van der Waals surface area contributed by atoms with Gasteiger partial charge in [0.2, 0.25) is 12.2 Å². The van der Waals surface area contributed by atoms with Crippen LogP contribution in [0.4, 0.5) is 11.6 Å². The van der Waals surface area contributed by atoms with Crippen molar-refractivity contribution in [2.75, 3.05) is 5.32 Å². The number of hydrogen-bond donors (Lipinski definition) is 1. The molecule has 1 amide bonds. The number of aryl methyl sites for hydroxylation is 1. The van der Waals surface area contributed by atoms with E-state index >= 15 is 0 Å². The second-order valence-electron chi connectivity index (χ2n) is 5.27. The average molecular weight is 358 g/mol. The molecule has 0 radical (unpaired) electrons. The zero-order valence-electron chi connectivity index (χ0n) is 13.2. The Morgan fingerprint density at radius 1 is 1.40 bits per heavy atom. The van der Waals surface area contributed by atoms with E-state index < -0.39 is 10.9 Å². The Balaban J connectivity index is 1.60. The number of aromatic nitrogens is 4. The number of thiazole rings is 1. The monoisotopic (exact) mass is 358 g/mol. The van der Waals surface area contributed by atoms with Crippen molar-refractivity contribution in [1.29, 1.82) is 0 Å². The summed E-state index contributed by atoms with van der Waals surface area (Å²) in [4.78, 5) is 30.0. The fourth-order valence-corrected chi connectivity index (χ4v) is 2.94. The first kappa shape index (κ1) is 16.7. The van der Waals surface area contributed by atoms with Crippen LogP contribution in [-0.2, 0) is 17.8 Å². The van der Waals surface area contributed by atoms with Crippen LogP contribution in [0, 0.1) is 17.0 Å². The van der Waals surface area contributed by atoms with Crippen LogP contribution in [0.5, 0.6) is 0 Å². The number of para-hydroxylation sites is 1. The first-order valence-corrected chi connectivity index (χ1v) is 8.22. The Morgan fingerprint density at radius 3 is 2.92 bits per heavy atom. The van der Waals surface area contributed by atoms with Crippen LogP contribution in [0.3, 0.4) is 0 Å². The first-order valence-electron chi connectivity index (χ1n) is 7.34. The fourth-order valence-electron chi connectivity index (χ4n) is 2.16. The van der Waals surface area contributed by atoms with Crippen LogP contribution in [0.2, 0.25) is 0 Å². The lowest BCUT2D eigenvalue weighted by atomic mass is 10.2. The Labute approximate surface area is 146 Å². The largest absolute Gasteiger partial charge is 0.490 e. The predicted octanol–water partition coefficient (Wildman–Crippen LogP) is 2.18. The molecule has 0 atom stereocenters. The third-order valence-corrected chi connectivity index (χ3v) is 4.24. The van der Waals surface area contributed by atoms with E-state index in [1.165, 1.54) is 22.3 Å². The number of benzene rings is 1. The summed E-state index contributed by atoms with van der Waals surface area (Å²) in [6, 6.07) is 7.54. The minimum atomic E-state index is -0.654. The molecular formula is C15H14N6O3S. The molecule has 0 saturated heterocycles. The highest BCUT2D eigenvalue weighted by atomic mass is 32.1. The summed E-state index contributed by atoms with van der Waals surface area (Å²) in [6.07, 6.45) is 1.44. The Hall–Kier alpha value is -3.14. The van der Waals surface area contributed by atoms with Gasteiger partial charge in [0.25, 0.3) is 0 Å². The topological polar surface area (TPSA) is 116 Å². The van der Waals surface area contributed by atoms with Crippen molar-refractivity contribution >= 4 is 28.9 Å². The van der Waals surface area contributed by atoms with Crippen LogP contribution < -0.4 is 5.32 Å². The van der Waals surface area contributed by atoms with Crippen molar-refractivity contribution < 1.29 is 9.72 Å². The molecule has 0 fully saturated rings. The highest BCUT2D eigenvalue weighted by molar-refractivity contribution is 7.09.